The van der Waals surface area contributed by atoms with Crippen LogP contribution in [0.25, 0.3) is 0 Å². The average Bonchev–Trinajstić information content (AvgIpc) is 1.94. The molecule has 0 atom stereocenters. The van der Waals surface area contributed by atoms with E-state index in [1.54, 1.807) is 0 Å². The van der Waals surface area contributed by atoms with Crippen LogP contribution in [0.3, 0.4) is 0 Å². The van der Waals surface area contributed by atoms with Gasteiger partial charge >= 0.3 is 0 Å². The van der Waals surface area contributed by atoms with Crippen molar-refractivity contribution in [3.8, 4) is 0 Å². The van der Waals surface area contributed by atoms with Crippen LogP contribution in [0.5, 0.6) is 0 Å². The molecule has 0 aromatic heterocycles. The standard InChI is InChI=1S/C7H13N3/c1-6-5-9-4-3-7(6)10-8-2/h9-10H,2-5H2,1H3. The third kappa shape index (κ3) is 1.57. The number of hydrogen-bond acceptors (Lipinski definition) is 3. The van der Waals surface area contributed by atoms with Crippen LogP contribution in [0.1, 0.15) is 13.3 Å². The summed E-state index contributed by atoms with van der Waals surface area (Å²) in [5, 5.41) is 6.89. The fraction of sp³-hybridized carbons (Fsp3) is 0.571. The lowest BCUT2D eigenvalue weighted by molar-refractivity contribution is 0.635. The lowest BCUT2D eigenvalue weighted by atomic mass is 10.1. The summed E-state index contributed by atoms with van der Waals surface area (Å²) in [5.74, 6) is 0. The maximum absolute atomic E-state index is 3.62. The molecule has 0 aliphatic carbocycles. The highest BCUT2D eigenvalue weighted by molar-refractivity contribution is 5.24. The number of hydrazone groups is 1. The fourth-order valence-corrected chi connectivity index (χ4v) is 1.06. The summed E-state index contributed by atoms with van der Waals surface area (Å²) in [5.41, 5.74) is 5.44. The van der Waals surface area contributed by atoms with Gasteiger partial charge in [0, 0.05) is 31.9 Å². The van der Waals surface area contributed by atoms with Crippen molar-refractivity contribution in [1.29, 1.82) is 0 Å². The number of rotatable bonds is 2. The van der Waals surface area contributed by atoms with E-state index in [1.165, 1.54) is 11.3 Å². The quantitative estimate of drug-likeness (QED) is 0.430. The molecule has 0 saturated heterocycles. The van der Waals surface area contributed by atoms with Gasteiger partial charge in [-0.2, -0.15) is 5.10 Å². The highest BCUT2D eigenvalue weighted by Gasteiger charge is 2.06. The SMILES string of the molecule is C=NNC1=C(C)CNCC1. The molecule has 0 bridgehead atoms. The second kappa shape index (κ2) is 3.37. The van der Waals surface area contributed by atoms with Gasteiger partial charge in [0.1, 0.15) is 0 Å². The zero-order valence-electron chi connectivity index (χ0n) is 6.28. The minimum atomic E-state index is 0.970. The predicted molar refractivity (Wildman–Crippen MR) is 42.9 cm³/mol. The monoisotopic (exact) mass is 139 g/mol. The Morgan fingerprint density at radius 1 is 1.70 bits per heavy atom. The Kier molecular flexibility index (Phi) is 2.45. The van der Waals surface area contributed by atoms with E-state index in [0.717, 1.165) is 19.5 Å². The van der Waals surface area contributed by atoms with Gasteiger partial charge in [0.05, 0.1) is 0 Å². The first kappa shape index (κ1) is 7.28. The van der Waals surface area contributed by atoms with Crippen molar-refractivity contribution in [2.75, 3.05) is 13.1 Å². The first-order valence-corrected chi connectivity index (χ1v) is 3.45. The Labute approximate surface area is 61.2 Å². The van der Waals surface area contributed by atoms with Crippen molar-refractivity contribution in [1.82, 2.24) is 10.7 Å². The summed E-state index contributed by atoms with van der Waals surface area (Å²) in [7, 11) is 0. The highest BCUT2D eigenvalue weighted by Crippen LogP contribution is 2.07. The van der Waals surface area contributed by atoms with E-state index in [2.05, 4.69) is 29.5 Å². The van der Waals surface area contributed by atoms with Crippen LogP contribution in [-0.4, -0.2) is 19.8 Å². The summed E-state index contributed by atoms with van der Waals surface area (Å²) in [6.45, 7) is 7.48. The summed E-state index contributed by atoms with van der Waals surface area (Å²) in [4.78, 5) is 0. The third-order valence-electron chi connectivity index (χ3n) is 1.67. The summed E-state index contributed by atoms with van der Waals surface area (Å²) >= 11 is 0. The molecular formula is C7H13N3. The van der Waals surface area contributed by atoms with Crippen LogP contribution in [0.15, 0.2) is 16.4 Å². The van der Waals surface area contributed by atoms with Crippen LogP contribution in [-0.2, 0) is 0 Å². The van der Waals surface area contributed by atoms with Crippen LogP contribution in [0, 0.1) is 0 Å². The molecule has 1 aliphatic heterocycles. The van der Waals surface area contributed by atoms with Gasteiger partial charge in [-0.3, -0.25) is 5.43 Å². The molecule has 1 rings (SSSR count). The van der Waals surface area contributed by atoms with Gasteiger partial charge in [0.15, 0.2) is 0 Å². The van der Waals surface area contributed by atoms with Crippen LogP contribution in [0.4, 0.5) is 0 Å². The Morgan fingerprint density at radius 3 is 3.10 bits per heavy atom. The Balaban J connectivity index is 2.58. The largest absolute Gasteiger partial charge is 0.313 e. The van der Waals surface area contributed by atoms with Crippen molar-refractivity contribution in [2.24, 2.45) is 5.10 Å². The normalized spacial score (nSPS) is 18.9. The lowest BCUT2D eigenvalue weighted by Gasteiger charge is -2.17. The van der Waals surface area contributed by atoms with E-state index in [-0.39, 0.29) is 0 Å². The van der Waals surface area contributed by atoms with Crippen molar-refractivity contribution >= 4 is 6.72 Å². The Hall–Kier alpha value is -0.830. The lowest BCUT2D eigenvalue weighted by Crippen LogP contribution is -2.27. The number of hydrogen-bond donors (Lipinski definition) is 2. The Bertz CT molecular complexity index is 160. The average molecular weight is 139 g/mol. The van der Waals surface area contributed by atoms with E-state index in [0.29, 0.717) is 0 Å². The molecule has 0 fully saturated rings. The minimum absolute atomic E-state index is 0.970. The Morgan fingerprint density at radius 2 is 2.50 bits per heavy atom. The molecule has 56 valence electrons. The van der Waals surface area contributed by atoms with E-state index < -0.39 is 0 Å². The predicted octanol–water partition coefficient (Wildman–Crippen LogP) is 0.459. The molecule has 10 heavy (non-hydrogen) atoms. The fourth-order valence-electron chi connectivity index (χ4n) is 1.06. The van der Waals surface area contributed by atoms with Crippen LogP contribution in [0.2, 0.25) is 0 Å². The minimum Gasteiger partial charge on any atom is -0.313 e. The second-order valence-electron chi connectivity index (χ2n) is 2.46. The zero-order chi connectivity index (χ0) is 7.40. The van der Waals surface area contributed by atoms with Gasteiger partial charge in [-0.25, -0.2) is 0 Å². The van der Waals surface area contributed by atoms with Crippen molar-refractivity contribution < 1.29 is 0 Å². The van der Waals surface area contributed by atoms with E-state index >= 15 is 0 Å². The molecule has 0 amide bonds. The molecule has 0 radical (unpaired) electrons. The molecule has 2 N–H and O–H groups in total. The molecule has 0 saturated carbocycles. The topological polar surface area (TPSA) is 36.4 Å². The summed E-state index contributed by atoms with van der Waals surface area (Å²) < 4.78 is 0. The second-order valence-corrected chi connectivity index (χ2v) is 2.46. The molecule has 3 nitrogen and oxygen atoms in total. The molecule has 0 spiro atoms. The molecule has 0 unspecified atom stereocenters. The van der Waals surface area contributed by atoms with E-state index in [1.807, 2.05) is 0 Å². The molecule has 3 heteroatoms. The molecule has 0 aromatic carbocycles. The van der Waals surface area contributed by atoms with Crippen LogP contribution >= 0.6 is 0 Å². The summed E-state index contributed by atoms with van der Waals surface area (Å²) in [6, 6.07) is 0. The zero-order valence-corrected chi connectivity index (χ0v) is 6.28. The van der Waals surface area contributed by atoms with Gasteiger partial charge in [-0.1, -0.05) is 0 Å². The first-order valence-electron chi connectivity index (χ1n) is 3.45. The molecular weight excluding hydrogens is 126 g/mol. The van der Waals surface area contributed by atoms with Crippen LogP contribution < -0.4 is 10.7 Å². The maximum Gasteiger partial charge on any atom is 0.0350 e. The number of nitrogens with one attached hydrogen (secondary N) is 2. The summed E-state index contributed by atoms with van der Waals surface area (Å²) in [6.07, 6.45) is 1.03. The number of nitrogens with zero attached hydrogens (tertiary/aromatic N) is 1. The first-order chi connectivity index (χ1) is 4.84. The smallest absolute Gasteiger partial charge is 0.0350 e. The van der Waals surface area contributed by atoms with Gasteiger partial charge < -0.3 is 5.32 Å². The van der Waals surface area contributed by atoms with Gasteiger partial charge in [0.25, 0.3) is 0 Å². The van der Waals surface area contributed by atoms with Gasteiger partial charge in [-0.15, -0.1) is 0 Å². The molecule has 0 aromatic rings. The van der Waals surface area contributed by atoms with Crippen molar-refractivity contribution in [3.63, 3.8) is 0 Å². The van der Waals surface area contributed by atoms with E-state index in [9.17, 15) is 0 Å². The van der Waals surface area contributed by atoms with Gasteiger partial charge in [0.2, 0.25) is 0 Å². The molecule has 1 aliphatic rings. The van der Waals surface area contributed by atoms with Gasteiger partial charge in [-0.05, 0) is 12.5 Å². The van der Waals surface area contributed by atoms with Crippen molar-refractivity contribution in [3.05, 3.63) is 11.3 Å². The third-order valence-corrected chi connectivity index (χ3v) is 1.67. The highest BCUT2D eigenvalue weighted by atomic mass is 15.3. The maximum atomic E-state index is 3.62. The molecule has 1 heterocycles. The van der Waals surface area contributed by atoms with E-state index in [4.69, 9.17) is 0 Å². The van der Waals surface area contributed by atoms with Crippen molar-refractivity contribution in [2.45, 2.75) is 13.3 Å².